The molecule has 0 aromatic carbocycles. The van der Waals surface area contributed by atoms with Crippen LogP contribution in [-0.2, 0) is 14.3 Å². The summed E-state index contributed by atoms with van der Waals surface area (Å²) in [6.07, 6.45) is 6.44. The first kappa shape index (κ1) is 17.8. The number of thiocarbonyl (C=S) groups is 1. The number of hydrogen-bond acceptors (Lipinski definition) is 5. The molecule has 2 aliphatic carbocycles. The monoisotopic (exact) mass is 342 g/mol. The maximum absolute atomic E-state index is 12.4. The molecule has 22 heavy (non-hydrogen) atoms. The van der Waals surface area contributed by atoms with Gasteiger partial charge in [0, 0.05) is 10.8 Å². The molecule has 3 nitrogen and oxygen atoms in total. The Morgan fingerprint density at radius 3 is 2.73 bits per heavy atom. The lowest BCUT2D eigenvalue weighted by Crippen LogP contribution is -2.35. The van der Waals surface area contributed by atoms with Gasteiger partial charge in [-0.3, -0.25) is 0 Å². The Bertz CT molecular complexity index is 473. The number of rotatable bonds is 4. The van der Waals surface area contributed by atoms with E-state index in [2.05, 4.69) is 6.92 Å². The lowest BCUT2D eigenvalue weighted by molar-refractivity contribution is -0.139. The SMILES string of the molecule is CCOC(=O)C1=C2CCCC[C@@]2(C)CC(SC(=S)OCC)C1. The van der Waals surface area contributed by atoms with Crippen molar-refractivity contribution >= 4 is 34.3 Å². The van der Waals surface area contributed by atoms with Crippen LogP contribution in [0.3, 0.4) is 0 Å². The van der Waals surface area contributed by atoms with E-state index in [1.54, 1.807) is 11.8 Å². The Labute approximate surface area is 143 Å². The minimum Gasteiger partial charge on any atom is -0.479 e. The summed E-state index contributed by atoms with van der Waals surface area (Å²) in [4.78, 5) is 12.4. The molecule has 0 heterocycles. The number of carbonyl (C=O) groups is 1. The molecule has 0 aromatic heterocycles. The normalized spacial score (nSPS) is 28.0. The zero-order valence-electron chi connectivity index (χ0n) is 13.8. The van der Waals surface area contributed by atoms with E-state index in [1.165, 1.54) is 18.4 Å². The van der Waals surface area contributed by atoms with Gasteiger partial charge in [0.1, 0.15) is 0 Å². The predicted molar refractivity (Wildman–Crippen MR) is 95.1 cm³/mol. The quantitative estimate of drug-likeness (QED) is 0.549. The van der Waals surface area contributed by atoms with Crippen LogP contribution in [0.25, 0.3) is 0 Å². The van der Waals surface area contributed by atoms with Crippen molar-refractivity contribution in [2.24, 2.45) is 5.41 Å². The standard InChI is InChI=1S/C17H26O3S2/c1-4-19-15(18)13-10-12(22-16(21)20-5-2)11-17(3)9-7-6-8-14(13)17/h12H,4-11H2,1-3H3/t12?,17-/m0/s1. The van der Waals surface area contributed by atoms with E-state index in [0.717, 1.165) is 31.3 Å². The Balaban J connectivity index is 2.22. The molecule has 1 saturated carbocycles. The topological polar surface area (TPSA) is 35.5 Å². The summed E-state index contributed by atoms with van der Waals surface area (Å²) in [6.45, 7) is 7.14. The van der Waals surface area contributed by atoms with Crippen LogP contribution in [0.5, 0.6) is 0 Å². The molecule has 2 rings (SSSR count). The average molecular weight is 343 g/mol. The third kappa shape index (κ3) is 4.05. The van der Waals surface area contributed by atoms with Crippen molar-refractivity contribution in [3.63, 3.8) is 0 Å². The average Bonchev–Trinajstić information content (AvgIpc) is 2.46. The van der Waals surface area contributed by atoms with Gasteiger partial charge in [-0.1, -0.05) is 30.7 Å². The number of carbonyl (C=O) groups excluding carboxylic acids is 1. The summed E-state index contributed by atoms with van der Waals surface area (Å²) in [7, 11) is 0. The van der Waals surface area contributed by atoms with Crippen molar-refractivity contribution in [2.45, 2.75) is 64.5 Å². The minimum absolute atomic E-state index is 0.123. The van der Waals surface area contributed by atoms with Gasteiger partial charge in [-0.05, 0) is 63.6 Å². The molecule has 0 spiro atoms. The zero-order valence-corrected chi connectivity index (χ0v) is 15.4. The fourth-order valence-electron chi connectivity index (χ4n) is 3.73. The highest BCUT2D eigenvalue weighted by Crippen LogP contribution is 2.52. The number of allylic oxidation sites excluding steroid dienone is 1. The second-order valence-corrected chi connectivity index (χ2v) is 8.18. The van der Waals surface area contributed by atoms with Crippen molar-refractivity contribution in [2.75, 3.05) is 13.2 Å². The smallest absolute Gasteiger partial charge is 0.334 e. The Morgan fingerprint density at radius 2 is 2.05 bits per heavy atom. The first-order chi connectivity index (χ1) is 10.5. The van der Waals surface area contributed by atoms with Crippen molar-refractivity contribution in [3.8, 4) is 0 Å². The zero-order chi connectivity index (χ0) is 16.2. The van der Waals surface area contributed by atoms with Gasteiger partial charge in [-0.15, -0.1) is 0 Å². The van der Waals surface area contributed by atoms with Crippen LogP contribution in [0, 0.1) is 5.41 Å². The number of thioether (sulfide) groups is 1. The van der Waals surface area contributed by atoms with E-state index in [9.17, 15) is 4.79 Å². The van der Waals surface area contributed by atoms with Gasteiger partial charge in [0.05, 0.1) is 13.2 Å². The van der Waals surface area contributed by atoms with E-state index in [0.29, 0.717) is 22.8 Å². The van der Waals surface area contributed by atoms with Gasteiger partial charge in [-0.2, -0.15) is 0 Å². The van der Waals surface area contributed by atoms with Crippen LogP contribution in [0.4, 0.5) is 0 Å². The lowest BCUT2D eigenvalue weighted by atomic mass is 9.64. The maximum Gasteiger partial charge on any atom is 0.334 e. The van der Waals surface area contributed by atoms with Gasteiger partial charge in [0.25, 0.3) is 0 Å². The predicted octanol–water partition coefficient (Wildman–Crippen LogP) is 4.64. The molecule has 1 fully saturated rings. The highest BCUT2D eigenvalue weighted by Gasteiger charge is 2.42. The van der Waals surface area contributed by atoms with Crippen LogP contribution in [0.15, 0.2) is 11.1 Å². The maximum atomic E-state index is 12.4. The van der Waals surface area contributed by atoms with Crippen LogP contribution in [0.2, 0.25) is 0 Å². The third-order valence-corrected chi connectivity index (χ3v) is 6.04. The van der Waals surface area contributed by atoms with Gasteiger partial charge >= 0.3 is 5.97 Å². The first-order valence-corrected chi connectivity index (χ1v) is 9.52. The van der Waals surface area contributed by atoms with Crippen molar-refractivity contribution in [1.29, 1.82) is 0 Å². The molecule has 0 amide bonds. The van der Waals surface area contributed by atoms with E-state index < -0.39 is 0 Å². The fourth-order valence-corrected chi connectivity index (χ4v) is 5.42. The molecule has 1 unspecified atom stereocenters. The van der Waals surface area contributed by atoms with Crippen molar-refractivity contribution < 1.29 is 14.3 Å². The lowest BCUT2D eigenvalue weighted by Gasteiger charge is -2.44. The summed E-state index contributed by atoms with van der Waals surface area (Å²) in [6, 6.07) is 0. The van der Waals surface area contributed by atoms with Gasteiger partial charge in [-0.25, -0.2) is 4.79 Å². The highest BCUT2D eigenvalue weighted by molar-refractivity contribution is 8.23. The molecule has 0 bridgehead atoms. The Kier molecular flexibility index (Phi) is 6.33. The number of ether oxygens (including phenoxy) is 2. The molecular weight excluding hydrogens is 316 g/mol. The largest absolute Gasteiger partial charge is 0.479 e. The second kappa shape index (κ2) is 7.82. The summed E-state index contributed by atoms with van der Waals surface area (Å²) < 4.78 is 11.3. The van der Waals surface area contributed by atoms with Gasteiger partial charge in [0.15, 0.2) is 0 Å². The van der Waals surface area contributed by atoms with E-state index in [4.69, 9.17) is 21.7 Å². The summed E-state index contributed by atoms with van der Waals surface area (Å²) >= 11 is 6.89. The molecule has 0 saturated heterocycles. The van der Waals surface area contributed by atoms with Crippen LogP contribution in [0.1, 0.15) is 59.3 Å². The van der Waals surface area contributed by atoms with E-state index in [-0.39, 0.29) is 11.4 Å². The van der Waals surface area contributed by atoms with Crippen LogP contribution < -0.4 is 0 Å². The molecule has 5 heteroatoms. The van der Waals surface area contributed by atoms with Gasteiger partial charge < -0.3 is 9.47 Å². The Hall–Kier alpha value is -0.550. The molecule has 0 aliphatic heterocycles. The number of fused-ring (bicyclic) bond motifs is 1. The highest BCUT2D eigenvalue weighted by atomic mass is 32.2. The summed E-state index contributed by atoms with van der Waals surface area (Å²) in [5.41, 5.74) is 2.38. The fraction of sp³-hybridized carbons (Fsp3) is 0.765. The van der Waals surface area contributed by atoms with Crippen LogP contribution >= 0.6 is 24.0 Å². The molecule has 2 atom stereocenters. The molecule has 0 aromatic rings. The molecule has 124 valence electrons. The minimum atomic E-state index is -0.127. The molecule has 0 N–H and O–H groups in total. The van der Waals surface area contributed by atoms with Crippen molar-refractivity contribution in [3.05, 3.63) is 11.1 Å². The third-order valence-electron chi connectivity index (χ3n) is 4.66. The van der Waals surface area contributed by atoms with E-state index >= 15 is 0 Å². The van der Waals surface area contributed by atoms with Gasteiger partial charge in [0.2, 0.25) is 4.38 Å². The summed E-state index contributed by atoms with van der Waals surface area (Å²) in [5.74, 6) is -0.127. The summed E-state index contributed by atoms with van der Waals surface area (Å²) in [5, 5.41) is 0.310. The van der Waals surface area contributed by atoms with E-state index in [1.807, 2.05) is 13.8 Å². The second-order valence-electron chi connectivity index (χ2n) is 6.28. The van der Waals surface area contributed by atoms with Crippen LogP contribution in [-0.4, -0.2) is 28.8 Å². The number of hydrogen-bond donors (Lipinski definition) is 0. The molecular formula is C17H26O3S2. The Morgan fingerprint density at radius 1 is 1.32 bits per heavy atom. The number of esters is 1. The molecule has 0 radical (unpaired) electrons. The first-order valence-electron chi connectivity index (χ1n) is 8.23. The van der Waals surface area contributed by atoms with Crippen molar-refractivity contribution in [1.82, 2.24) is 0 Å². The molecule has 2 aliphatic rings.